The number of nitrogens with two attached hydrogens (primary N) is 1. The minimum atomic E-state index is -4.95. The van der Waals surface area contributed by atoms with Crippen molar-refractivity contribution in [1.82, 2.24) is 9.55 Å². The highest BCUT2D eigenvalue weighted by molar-refractivity contribution is 6.04. The zero-order chi connectivity index (χ0) is 22.2. The number of alkyl halides is 3. The van der Waals surface area contributed by atoms with Gasteiger partial charge in [0.15, 0.2) is 0 Å². The van der Waals surface area contributed by atoms with Crippen molar-refractivity contribution in [3.05, 3.63) is 58.1 Å². The van der Waals surface area contributed by atoms with Crippen LogP contribution in [0.2, 0.25) is 0 Å². The predicted octanol–water partition coefficient (Wildman–Crippen LogP) is 2.71. The van der Waals surface area contributed by atoms with E-state index in [0.29, 0.717) is 5.69 Å². The van der Waals surface area contributed by atoms with Gasteiger partial charge in [-0.3, -0.25) is 14.3 Å². The number of nitrogens with zero attached hydrogens (tertiary/aromatic N) is 2. The average Bonchev–Trinajstić information content (AvgIpc) is 2.67. The largest absolute Gasteiger partial charge is 0.573 e. The molecule has 0 aliphatic heterocycles. The molecule has 3 rings (SSSR count). The number of anilines is 1. The second kappa shape index (κ2) is 7.67. The second-order valence-electron chi connectivity index (χ2n) is 6.26. The highest BCUT2D eigenvalue weighted by Crippen LogP contribution is 2.31. The lowest BCUT2D eigenvalue weighted by molar-refractivity contribution is -0.274. The Morgan fingerprint density at radius 2 is 1.97 bits per heavy atom. The third-order valence-electron chi connectivity index (χ3n) is 4.27. The van der Waals surface area contributed by atoms with Gasteiger partial charge in [0.2, 0.25) is 0 Å². The number of esters is 1. The molecule has 0 saturated carbocycles. The predicted molar refractivity (Wildman–Crippen MR) is 100 cm³/mol. The Hall–Kier alpha value is -3.60. The molecule has 3 N–H and O–H groups in total. The minimum absolute atomic E-state index is 0.0431. The van der Waals surface area contributed by atoms with E-state index in [1.807, 2.05) is 0 Å². The van der Waals surface area contributed by atoms with Crippen LogP contribution in [0.25, 0.3) is 16.6 Å². The number of halogens is 3. The maximum absolute atomic E-state index is 13.1. The van der Waals surface area contributed by atoms with Crippen molar-refractivity contribution >= 4 is 22.6 Å². The smallest absolute Gasteiger partial charge is 0.465 e. The Balaban J connectivity index is 2.36. The second-order valence-corrected chi connectivity index (χ2v) is 6.26. The first-order valence-electron chi connectivity index (χ1n) is 8.50. The highest BCUT2D eigenvalue weighted by atomic mass is 19.4. The molecule has 2 heterocycles. The number of pyridine rings is 2. The molecule has 0 amide bonds. The van der Waals surface area contributed by atoms with Crippen molar-refractivity contribution in [3.63, 3.8) is 0 Å². The lowest BCUT2D eigenvalue weighted by Crippen LogP contribution is -2.28. The van der Waals surface area contributed by atoms with Crippen LogP contribution in [-0.4, -0.2) is 34.1 Å². The zero-order valence-corrected chi connectivity index (χ0v) is 15.7. The molecule has 1 aromatic carbocycles. The molecule has 2 aromatic heterocycles. The van der Waals surface area contributed by atoms with Crippen LogP contribution in [0.1, 0.15) is 29.1 Å². The van der Waals surface area contributed by atoms with Gasteiger partial charge in [-0.2, -0.15) is 0 Å². The third-order valence-corrected chi connectivity index (χ3v) is 4.27. The van der Waals surface area contributed by atoms with Crippen molar-refractivity contribution < 1.29 is 32.5 Å². The summed E-state index contributed by atoms with van der Waals surface area (Å²) < 4.78 is 47.5. The highest BCUT2D eigenvalue weighted by Gasteiger charge is 2.31. The van der Waals surface area contributed by atoms with E-state index in [1.165, 1.54) is 31.3 Å². The third kappa shape index (κ3) is 3.92. The number of carbonyl (C=O) groups excluding carboxylic acids is 1. The van der Waals surface area contributed by atoms with E-state index >= 15 is 0 Å². The minimum Gasteiger partial charge on any atom is -0.465 e. The Morgan fingerprint density at radius 1 is 1.27 bits per heavy atom. The molecule has 0 spiro atoms. The van der Waals surface area contributed by atoms with Crippen LogP contribution in [0, 0.1) is 0 Å². The fourth-order valence-electron chi connectivity index (χ4n) is 2.92. The van der Waals surface area contributed by atoms with Crippen molar-refractivity contribution in [3.8, 4) is 11.4 Å². The van der Waals surface area contributed by atoms with E-state index in [-0.39, 0.29) is 22.3 Å². The normalized spacial score (nSPS) is 12.6. The van der Waals surface area contributed by atoms with Crippen LogP contribution in [0.4, 0.5) is 18.9 Å². The first-order valence-corrected chi connectivity index (χ1v) is 8.50. The molecule has 1 atom stereocenters. The standard InChI is InChI=1S/C19H16F3N3O5/c1-9(26)13-6-3-10(8-24-13)25-14-7-11(30-19(20,21)22)4-5-12(14)16(23)15(17(25)27)18(28)29-2/h3-9,26H,23H2,1-2H3. The number of aliphatic hydroxyl groups excluding tert-OH is 1. The summed E-state index contributed by atoms with van der Waals surface area (Å²) in [5, 5.41) is 9.74. The summed E-state index contributed by atoms with van der Waals surface area (Å²) in [6.07, 6.45) is -4.59. The Labute approximate surface area is 167 Å². The maximum atomic E-state index is 13.1. The molecular weight excluding hydrogens is 407 g/mol. The molecule has 0 fully saturated rings. The molecule has 8 nitrogen and oxygen atoms in total. The van der Waals surface area contributed by atoms with E-state index in [4.69, 9.17) is 5.73 Å². The molecular formula is C19H16F3N3O5. The average molecular weight is 423 g/mol. The number of carbonyl (C=O) groups is 1. The van der Waals surface area contributed by atoms with Gasteiger partial charge in [-0.25, -0.2) is 4.79 Å². The number of aliphatic hydroxyl groups is 1. The first-order chi connectivity index (χ1) is 14.0. The molecule has 3 aromatic rings. The molecule has 11 heteroatoms. The molecule has 0 radical (unpaired) electrons. The topological polar surface area (TPSA) is 117 Å². The maximum Gasteiger partial charge on any atom is 0.573 e. The van der Waals surface area contributed by atoms with E-state index in [9.17, 15) is 27.9 Å². The Kier molecular flexibility index (Phi) is 5.40. The van der Waals surface area contributed by atoms with Crippen LogP contribution >= 0.6 is 0 Å². The van der Waals surface area contributed by atoms with Crippen molar-refractivity contribution in [2.45, 2.75) is 19.4 Å². The summed E-state index contributed by atoms with van der Waals surface area (Å²) in [7, 11) is 1.06. The van der Waals surface area contributed by atoms with E-state index < -0.39 is 35.3 Å². The quantitative estimate of drug-likeness (QED) is 0.620. The monoisotopic (exact) mass is 423 g/mol. The molecule has 1 unspecified atom stereocenters. The molecule has 0 saturated heterocycles. The van der Waals surface area contributed by atoms with Crippen molar-refractivity contribution in [1.29, 1.82) is 0 Å². The van der Waals surface area contributed by atoms with Gasteiger partial charge in [-0.1, -0.05) is 0 Å². The van der Waals surface area contributed by atoms with Crippen LogP contribution in [-0.2, 0) is 4.74 Å². The van der Waals surface area contributed by atoms with Gasteiger partial charge in [-0.05, 0) is 31.2 Å². The summed E-state index contributed by atoms with van der Waals surface area (Å²) in [6, 6.07) is 6.04. The number of aromatic nitrogens is 2. The fourth-order valence-corrected chi connectivity index (χ4v) is 2.92. The number of fused-ring (bicyclic) bond motifs is 1. The molecule has 0 aliphatic rings. The molecule has 158 valence electrons. The van der Waals surface area contributed by atoms with Crippen molar-refractivity contribution in [2.75, 3.05) is 12.8 Å². The summed E-state index contributed by atoms with van der Waals surface area (Å²) >= 11 is 0. The lowest BCUT2D eigenvalue weighted by Gasteiger charge is -2.17. The Bertz CT molecular complexity index is 1170. The fraction of sp³-hybridized carbons (Fsp3) is 0.211. The number of nitrogen functional groups attached to an aromatic ring is 1. The lowest BCUT2D eigenvalue weighted by atomic mass is 10.1. The van der Waals surface area contributed by atoms with Gasteiger partial charge in [0.05, 0.1) is 42.0 Å². The zero-order valence-electron chi connectivity index (χ0n) is 15.7. The number of rotatable bonds is 4. The van der Waals surface area contributed by atoms with Gasteiger partial charge in [0.1, 0.15) is 11.3 Å². The van der Waals surface area contributed by atoms with E-state index in [0.717, 1.165) is 23.8 Å². The number of hydrogen-bond donors (Lipinski definition) is 2. The van der Waals surface area contributed by atoms with Gasteiger partial charge in [0.25, 0.3) is 5.56 Å². The molecule has 30 heavy (non-hydrogen) atoms. The van der Waals surface area contributed by atoms with Gasteiger partial charge in [0, 0.05) is 11.5 Å². The molecule has 0 aliphatic carbocycles. The SMILES string of the molecule is COC(=O)c1c(N)c2ccc(OC(F)(F)F)cc2n(-c2ccc(C(C)O)nc2)c1=O. The number of benzene rings is 1. The number of hydrogen-bond acceptors (Lipinski definition) is 7. The van der Waals surface area contributed by atoms with E-state index in [1.54, 1.807) is 0 Å². The van der Waals surface area contributed by atoms with E-state index in [2.05, 4.69) is 14.5 Å². The summed E-state index contributed by atoms with van der Waals surface area (Å²) in [5.41, 5.74) is 4.71. The summed E-state index contributed by atoms with van der Waals surface area (Å²) in [6.45, 7) is 1.49. The molecule has 0 bridgehead atoms. The van der Waals surface area contributed by atoms with Crippen LogP contribution in [0.15, 0.2) is 41.3 Å². The van der Waals surface area contributed by atoms with Gasteiger partial charge in [-0.15, -0.1) is 13.2 Å². The first kappa shape index (κ1) is 21.1. The Morgan fingerprint density at radius 3 is 2.50 bits per heavy atom. The summed E-state index contributed by atoms with van der Waals surface area (Å²) in [5.74, 6) is -1.58. The number of ether oxygens (including phenoxy) is 2. The van der Waals surface area contributed by atoms with Gasteiger partial charge >= 0.3 is 12.3 Å². The number of methoxy groups -OCH3 is 1. The van der Waals surface area contributed by atoms with Crippen LogP contribution in [0.3, 0.4) is 0 Å². The summed E-state index contributed by atoms with van der Waals surface area (Å²) in [4.78, 5) is 29.2. The van der Waals surface area contributed by atoms with Crippen molar-refractivity contribution in [2.24, 2.45) is 0 Å². The van der Waals surface area contributed by atoms with Gasteiger partial charge < -0.3 is 20.3 Å². The van der Waals surface area contributed by atoms with Crippen LogP contribution in [0.5, 0.6) is 5.75 Å². The van der Waals surface area contributed by atoms with Crippen LogP contribution < -0.4 is 16.0 Å².